The van der Waals surface area contributed by atoms with E-state index in [2.05, 4.69) is 19.2 Å². The van der Waals surface area contributed by atoms with Crippen LogP contribution in [0.4, 0.5) is 5.69 Å². The number of anilines is 1. The molecule has 1 atom stereocenters. The fraction of sp³-hybridized carbons (Fsp3) is 0.297. The molecule has 0 aliphatic carbocycles. The molecule has 0 radical (unpaired) electrons. The molecule has 0 spiro atoms. The van der Waals surface area contributed by atoms with Crippen molar-refractivity contribution in [2.24, 2.45) is 0 Å². The van der Waals surface area contributed by atoms with Gasteiger partial charge < -0.3 is 10.2 Å². The summed E-state index contributed by atoms with van der Waals surface area (Å²) in [5, 5.41) is 3.45. The third-order valence-electron chi connectivity index (χ3n) is 7.86. The van der Waals surface area contributed by atoms with E-state index in [-0.39, 0.29) is 29.7 Å². The van der Waals surface area contributed by atoms with Gasteiger partial charge in [-0.3, -0.25) is 13.9 Å². The molecule has 0 aromatic heterocycles. The van der Waals surface area contributed by atoms with Gasteiger partial charge >= 0.3 is 0 Å². The number of carbonyl (C=O) groups excluding carboxylic acids is 2. The smallest absolute Gasteiger partial charge is 0.264 e. The average molecular weight is 660 g/mol. The van der Waals surface area contributed by atoms with Crippen molar-refractivity contribution >= 4 is 39.1 Å². The third-order valence-corrected chi connectivity index (χ3v) is 10.0. The molecule has 0 aliphatic rings. The summed E-state index contributed by atoms with van der Waals surface area (Å²) in [6, 6.07) is 31.0. The fourth-order valence-corrected chi connectivity index (χ4v) is 6.77. The van der Waals surface area contributed by atoms with Crippen LogP contribution in [-0.2, 0) is 32.6 Å². The zero-order chi connectivity index (χ0) is 33.1. The lowest BCUT2D eigenvalue weighted by Gasteiger charge is -2.34. The molecule has 0 heterocycles. The van der Waals surface area contributed by atoms with Gasteiger partial charge in [-0.15, -0.1) is 0 Å². The molecular formula is C37H42ClN3O4S. The van der Waals surface area contributed by atoms with Crippen molar-refractivity contribution in [3.8, 4) is 0 Å². The average Bonchev–Trinajstić information content (AvgIpc) is 3.06. The molecule has 0 aliphatic heterocycles. The predicted octanol–water partition coefficient (Wildman–Crippen LogP) is 7.22. The molecule has 2 amide bonds. The predicted molar refractivity (Wildman–Crippen MR) is 185 cm³/mol. The van der Waals surface area contributed by atoms with Crippen molar-refractivity contribution < 1.29 is 18.0 Å². The van der Waals surface area contributed by atoms with E-state index in [9.17, 15) is 18.0 Å². The maximum Gasteiger partial charge on any atom is 0.264 e. The Morgan fingerprint density at radius 3 is 2.04 bits per heavy atom. The van der Waals surface area contributed by atoms with E-state index in [0.717, 1.165) is 28.3 Å². The van der Waals surface area contributed by atoms with Gasteiger partial charge in [0, 0.05) is 24.5 Å². The van der Waals surface area contributed by atoms with Crippen LogP contribution in [0.25, 0.3) is 0 Å². The maximum absolute atomic E-state index is 14.6. The summed E-state index contributed by atoms with van der Waals surface area (Å²) in [5.74, 6) is -0.596. The second-order valence-corrected chi connectivity index (χ2v) is 13.8. The van der Waals surface area contributed by atoms with Gasteiger partial charge in [0.2, 0.25) is 11.8 Å². The van der Waals surface area contributed by atoms with Gasteiger partial charge in [0.1, 0.15) is 12.6 Å². The molecule has 0 saturated carbocycles. The van der Waals surface area contributed by atoms with Crippen LogP contribution in [0.5, 0.6) is 0 Å². The van der Waals surface area contributed by atoms with Gasteiger partial charge in [-0.05, 0) is 59.4 Å². The van der Waals surface area contributed by atoms with Gasteiger partial charge in [-0.25, -0.2) is 8.42 Å². The Hall–Kier alpha value is -4.14. The maximum atomic E-state index is 14.6. The second-order valence-electron chi connectivity index (χ2n) is 11.5. The lowest BCUT2D eigenvalue weighted by atomic mass is 10.0. The highest BCUT2D eigenvalue weighted by molar-refractivity contribution is 7.92. The van der Waals surface area contributed by atoms with E-state index in [4.69, 9.17) is 11.6 Å². The first-order valence-corrected chi connectivity index (χ1v) is 17.5. The quantitative estimate of drug-likeness (QED) is 0.137. The van der Waals surface area contributed by atoms with E-state index < -0.39 is 28.5 Å². The number of nitrogens with one attached hydrogen (secondary N) is 1. The minimum atomic E-state index is -4.16. The second kappa shape index (κ2) is 16.4. The fourth-order valence-electron chi connectivity index (χ4n) is 5.14. The van der Waals surface area contributed by atoms with Gasteiger partial charge in [-0.2, -0.15) is 0 Å². The first-order valence-electron chi connectivity index (χ1n) is 15.6. The molecular weight excluding hydrogens is 618 g/mol. The largest absolute Gasteiger partial charge is 0.354 e. The molecule has 46 heavy (non-hydrogen) atoms. The van der Waals surface area contributed by atoms with Crippen molar-refractivity contribution in [1.82, 2.24) is 10.2 Å². The number of carbonyl (C=O) groups is 2. The first kappa shape index (κ1) is 34.7. The Kier molecular flexibility index (Phi) is 12.4. The van der Waals surface area contributed by atoms with E-state index >= 15 is 0 Å². The van der Waals surface area contributed by atoms with Gasteiger partial charge in [0.25, 0.3) is 10.0 Å². The van der Waals surface area contributed by atoms with Crippen LogP contribution in [-0.4, -0.2) is 44.3 Å². The highest BCUT2D eigenvalue weighted by Crippen LogP contribution is 2.27. The van der Waals surface area contributed by atoms with Crippen LogP contribution in [0.1, 0.15) is 56.2 Å². The summed E-state index contributed by atoms with van der Waals surface area (Å²) < 4.78 is 29.4. The number of sulfonamides is 1. The zero-order valence-corrected chi connectivity index (χ0v) is 28.2. The van der Waals surface area contributed by atoms with Crippen LogP contribution in [0.15, 0.2) is 114 Å². The molecule has 0 fully saturated rings. The lowest BCUT2D eigenvalue weighted by molar-refractivity contribution is -0.140. The zero-order valence-electron chi connectivity index (χ0n) is 26.6. The number of hydrogen-bond donors (Lipinski definition) is 1. The van der Waals surface area contributed by atoms with Crippen molar-refractivity contribution in [2.75, 3.05) is 17.4 Å². The molecule has 4 aromatic carbocycles. The van der Waals surface area contributed by atoms with Crippen LogP contribution in [0.3, 0.4) is 0 Å². The SMILES string of the molecule is CCCCNC(=O)[C@H](Cc1ccccc1)N(Cc1ccccc1Cl)C(=O)CN(c1ccc(C(C)C)cc1)S(=O)(=O)c1ccccc1. The summed E-state index contributed by atoms with van der Waals surface area (Å²) in [5.41, 5.74) is 2.91. The topological polar surface area (TPSA) is 86.8 Å². The molecule has 0 bridgehead atoms. The standard InChI is InChI=1S/C37H42ClN3O4S/c1-4-5-24-39-37(43)35(25-29-14-8-6-9-15-29)40(26-31-16-12-13-19-34(31)38)36(42)27-41(32-22-20-30(21-23-32)28(2)3)46(44,45)33-17-10-7-11-18-33/h6-23,28,35H,4-5,24-27H2,1-3H3,(H,39,43)/t35-/m0/s1. The van der Waals surface area contributed by atoms with Gasteiger partial charge in [-0.1, -0.05) is 118 Å². The normalized spacial score (nSPS) is 12.0. The number of rotatable bonds is 15. The Labute approximate surface area is 278 Å². The number of hydrogen-bond acceptors (Lipinski definition) is 4. The lowest BCUT2D eigenvalue weighted by Crippen LogP contribution is -2.53. The summed E-state index contributed by atoms with van der Waals surface area (Å²) in [6.45, 7) is 6.12. The third kappa shape index (κ3) is 8.98. The molecule has 4 aromatic rings. The van der Waals surface area contributed by atoms with Gasteiger partial charge in [0.15, 0.2) is 0 Å². The molecule has 4 rings (SSSR count). The summed E-state index contributed by atoms with van der Waals surface area (Å²) in [7, 11) is -4.16. The summed E-state index contributed by atoms with van der Waals surface area (Å²) in [6.07, 6.45) is 1.93. The van der Waals surface area contributed by atoms with E-state index in [1.54, 1.807) is 48.5 Å². The van der Waals surface area contributed by atoms with Crippen molar-refractivity contribution in [1.29, 1.82) is 0 Å². The van der Waals surface area contributed by atoms with Gasteiger partial charge in [0.05, 0.1) is 10.6 Å². The molecule has 0 unspecified atom stereocenters. The summed E-state index contributed by atoms with van der Waals surface area (Å²) in [4.78, 5) is 29.9. The number of nitrogens with zero attached hydrogens (tertiary/aromatic N) is 2. The van der Waals surface area contributed by atoms with Crippen LogP contribution in [0, 0.1) is 0 Å². The Bertz CT molecular complexity index is 1680. The Morgan fingerprint density at radius 1 is 0.826 bits per heavy atom. The van der Waals surface area contributed by atoms with E-state index in [1.165, 1.54) is 17.0 Å². The minimum absolute atomic E-state index is 0.0166. The first-order chi connectivity index (χ1) is 22.1. The summed E-state index contributed by atoms with van der Waals surface area (Å²) >= 11 is 6.57. The number of benzene rings is 4. The van der Waals surface area contributed by atoms with E-state index in [1.807, 2.05) is 55.5 Å². The molecule has 7 nitrogen and oxygen atoms in total. The number of unbranched alkanes of at least 4 members (excludes halogenated alkanes) is 1. The van der Waals surface area contributed by atoms with Crippen molar-refractivity contribution in [2.45, 2.75) is 63.4 Å². The number of halogens is 1. The Morgan fingerprint density at radius 2 is 1.43 bits per heavy atom. The Balaban J connectivity index is 1.80. The molecule has 0 saturated heterocycles. The number of amides is 2. The minimum Gasteiger partial charge on any atom is -0.354 e. The highest BCUT2D eigenvalue weighted by atomic mass is 35.5. The molecule has 1 N–H and O–H groups in total. The van der Waals surface area contributed by atoms with Crippen molar-refractivity contribution in [3.63, 3.8) is 0 Å². The monoisotopic (exact) mass is 659 g/mol. The van der Waals surface area contributed by atoms with Crippen LogP contribution >= 0.6 is 11.6 Å². The molecule has 9 heteroatoms. The van der Waals surface area contributed by atoms with E-state index in [0.29, 0.717) is 22.8 Å². The highest BCUT2D eigenvalue weighted by Gasteiger charge is 2.34. The van der Waals surface area contributed by atoms with Crippen molar-refractivity contribution in [3.05, 3.63) is 131 Å². The molecule has 242 valence electrons. The van der Waals surface area contributed by atoms with Crippen LogP contribution in [0.2, 0.25) is 5.02 Å². The van der Waals surface area contributed by atoms with Crippen LogP contribution < -0.4 is 9.62 Å².